The Kier molecular flexibility index (Phi) is 3.31. The van der Waals surface area contributed by atoms with Gasteiger partial charge in [0.15, 0.2) is 11.5 Å². The Balaban J connectivity index is 1.84. The third kappa shape index (κ3) is 2.72. The molecule has 0 saturated heterocycles. The molecular weight excluding hydrogens is 268 g/mol. The fourth-order valence-electron chi connectivity index (χ4n) is 2.09. The number of hydrogen-bond acceptors (Lipinski definition) is 4. The monoisotopic (exact) mass is 282 g/mol. The molecule has 5 nitrogen and oxygen atoms in total. The lowest BCUT2D eigenvalue weighted by Crippen LogP contribution is -2.11. The topological polar surface area (TPSA) is 64.4 Å². The summed E-state index contributed by atoms with van der Waals surface area (Å²) in [6.07, 6.45) is 0. The first-order chi connectivity index (χ1) is 10.2. The summed E-state index contributed by atoms with van der Waals surface area (Å²) in [4.78, 5) is 16.4. The van der Waals surface area contributed by atoms with E-state index in [-0.39, 0.29) is 5.91 Å². The van der Waals surface area contributed by atoms with E-state index in [4.69, 9.17) is 9.15 Å². The van der Waals surface area contributed by atoms with Crippen LogP contribution in [0.1, 0.15) is 16.2 Å². The van der Waals surface area contributed by atoms with Gasteiger partial charge in [-0.2, -0.15) is 0 Å². The van der Waals surface area contributed by atoms with Gasteiger partial charge in [-0.05, 0) is 30.3 Å². The largest absolute Gasteiger partial charge is 0.497 e. The Labute approximate surface area is 121 Å². The SMILES string of the molecule is COc1cccc(C(=O)Nc2ccc3nc(C)oc3c2)c1. The second kappa shape index (κ2) is 5.28. The van der Waals surface area contributed by atoms with Gasteiger partial charge >= 0.3 is 0 Å². The van der Waals surface area contributed by atoms with Crippen LogP contribution in [0.5, 0.6) is 5.75 Å². The summed E-state index contributed by atoms with van der Waals surface area (Å²) in [5, 5.41) is 2.83. The van der Waals surface area contributed by atoms with E-state index in [1.807, 2.05) is 6.07 Å². The van der Waals surface area contributed by atoms with Crippen molar-refractivity contribution in [3.8, 4) is 5.75 Å². The van der Waals surface area contributed by atoms with Crippen molar-refractivity contribution < 1.29 is 13.9 Å². The molecule has 0 atom stereocenters. The van der Waals surface area contributed by atoms with Gasteiger partial charge < -0.3 is 14.5 Å². The van der Waals surface area contributed by atoms with Gasteiger partial charge in [-0.15, -0.1) is 0 Å². The second-order valence-electron chi connectivity index (χ2n) is 4.60. The van der Waals surface area contributed by atoms with E-state index in [0.717, 1.165) is 5.52 Å². The van der Waals surface area contributed by atoms with Gasteiger partial charge in [0.1, 0.15) is 11.3 Å². The molecule has 0 bridgehead atoms. The molecule has 5 heteroatoms. The molecule has 2 aromatic carbocycles. The van der Waals surface area contributed by atoms with Crippen LogP contribution in [0.2, 0.25) is 0 Å². The minimum Gasteiger partial charge on any atom is -0.497 e. The lowest BCUT2D eigenvalue weighted by Gasteiger charge is -2.06. The number of rotatable bonds is 3. The first-order valence-corrected chi connectivity index (χ1v) is 6.48. The van der Waals surface area contributed by atoms with Gasteiger partial charge in [0.25, 0.3) is 5.91 Å². The van der Waals surface area contributed by atoms with Crippen LogP contribution >= 0.6 is 0 Å². The van der Waals surface area contributed by atoms with Crippen LogP contribution in [0.3, 0.4) is 0 Å². The number of methoxy groups -OCH3 is 1. The number of oxazole rings is 1. The average molecular weight is 282 g/mol. The van der Waals surface area contributed by atoms with Crippen LogP contribution in [0.4, 0.5) is 5.69 Å². The van der Waals surface area contributed by atoms with Gasteiger partial charge in [-0.3, -0.25) is 4.79 Å². The predicted molar refractivity (Wildman–Crippen MR) is 79.7 cm³/mol. The first-order valence-electron chi connectivity index (χ1n) is 6.48. The Bertz CT molecular complexity index is 808. The zero-order chi connectivity index (χ0) is 14.8. The number of aromatic nitrogens is 1. The normalized spacial score (nSPS) is 10.6. The minimum absolute atomic E-state index is 0.204. The number of hydrogen-bond donors (Lipinski definition) is 1. The number of anilines is 1. The number of nitrogens with one attached hydrogen (secondary N) is 1. The van der Waals surface area contributed by atoms with Gasteiger partial charge in [-0.25, -0.2) is 4.98 Å². The van der Waals surface area contributed by atoms with E-state index in [0.29, 0.717) is 28.5 Å². The second-order valence-corrected chi connectivity index (χ2v) is 4.60. The molecule has 0 aliphatic heterocycles. The number of carbonyl (C=O) groups is 1. The van der Waals surface area contributed by atoms with Crippen molar-refractivity contribution in [2.75, 3.05) is 12.4 Å². The zero-order valence-electron chi connectivity index (χ0n) is 11.7. The maximum absolute atomic E-state index is 12.2. The summed E-state index contributed by atoms with van der Waals surface area (Å²) >= 11 is 0. The fraction of sp³-hybridized carbons (Fsp3) is 0.125. The summed E-state index contributed by atoms with van der Waals surface area (Å²) in [7, 11) is 1.57. The molecule has 1 heterocycles. The molecule has 106 valence electrons. The summed E-state index contributed by atoms with van der Waals surface area (Å²) in [5.74, 6) is 1.04. The number of benzene rings is 2. The molecule has 0 radical (unpaired) electrons. The van der Waals surface area contributed by atoms with Crippen LogP contribution in [-0.4, -0.2) is 18.0 Å². The third-order valence-electron chi connectivity index (χ3n) is 3.09. The predicted octanol–water partition coefficient (Wildman–Crippen LogP) is 3.40. The maximum atomic E-state index is 12.2. The molecule has 1 amide bonds. The third-order valence-corrected chi connectivity index (χ3v) is 3.09. The number of amides is 1. The summed E-state index contributed by atoms with van der Waals surface area (Å²) in [5.41, 5.74) is 2.61. The van der Waals surface area contributed by atoms with E-state index in [9.17, 15) is 4.79 Å². The highest BCUT2D eigenvalue weighted by molar-refractivity contribution is 6.05. The van der Waals surface area contributed by atoms with Gasteiger partial charge in [0, 0.05) is 24.2 Å². The molecule has 1 N–H and O–H groups in total. The molecular formula is C16H14N2O3. The van der Waals surface area contributed by atoms with Crippen LogP contribution in [-0.2, 0) is 0 Å². The lowest BCUT2D eigenvalue weighted by molar-refractivity contribution is 0.102. The van der Waals surface area contributed by atoms with Crippen molar-refractivity contribution >= 4 is 22.7 Å². The molecule has 0 aliphatic carbocycles. The highest BCUT2D eigenvalue weighted by Gasteiger charge is 2.09. The van der Waals surface area contributed by atoms with E-state index < -0.39 is 0 Å². The molecule has 0 saturated carbocycles. The molecule has 21 heavy (non-hydrogen) atoms. The lowest BCUT2D eigenvalue weighted by atomic mass is 10.2. The zero-order valence-corrected chi connectivity index (χ0v) is 11.7. The molecule has 0 fully saturated rings. The highest BCUT2D eigenvalue weighted by Crippen LogP contribution is 2.21. The smallest absolute Gasteiger partial charge is 0.255 e. The van der Waals surface area contributed by atoms with Crippen molar-refractivity contribution in [1.29, 1.82) is 0 Å². The van der Waals surface area contributed by atoms with Crippen LogP contribution in [0, 0.1) is 6.92 Å². The number of nitrogens with zero attached hydrogens (tertiary/aromatic N) is 1. The fourth-order valence-corrected chi connectivity index (χ4v) is 2.09. The Morgan fingerprint density at radius 1 is 1.24 bits per heavy atom. The summed E-state index contributed by atoms with van der Waals surface area (Å²) in [6.45, 7) is 1.79. The number of fused-ring (bicyclic) bond motifs is 1. The number of aryl methyl sites for hydroxylation is 1. The average Bonchev–Trinajstić information content (AvgIpc) is 2.86. The standard InChI is InChI=1S/C16H14N2O3/c1-10-17-14-7-6-12(9-15(14)21-10)18-16(19)11-4-3-5-13(8-11)20-2/h3-9H,1-2H3,(H,18,19). The number of carbonyl (C=O) groups excluding carboxylic acids is 1. The molecule has 3 aromatic rings. The minimum atomic E-state index is -0.204. The molecule has 0 spiro atoms. The van der Waals surface area contributed by atoms with Gasteiger partial charge in [-0.1, -0.05) is 6.07 Å². The Morgan fingerprint density at radius 2 is 2.10 bits per heavy atom. The molecule has 1 aromatic heterocycles. The van der Waals surface area contributed by atoms with Crippen LogP contribution in [0.15, 0.2) is 46.9 Å². The maximum Gasteiger partial charge on any atom is 0.255 e. The number of ether oxygens (including phenoxy) is 1. The van der Waals surface area contributed by atoms with Crippen molar-refractivity contribution in [1.82, 2.24) is 4.98 Å². The molecule has 0 unspecified atom stereocenters. The van der Waals surface area contributed by atoms with Crippen molar-refractivity contribution in [3.63, 3.8) is 0 Å². The van der Waals surface area contributed by atoms with Crippen LogP contribution < -0.4 is 10.1 Å². The Hall–Kier alpha value is -2.82. The summed E-state index contributed by atoms with van der Waals surface area (Å²) < 4.78 is 10.6. The van der Waals surface area contributed by atoms with E-state index in [1.165, 1.54) is 0 Å². The van der Waals surface area contributed by atoms with Crippen molar-refractivity contribution in [2.24, 2.45) is 0 Å². The molecule has 3 rings (SSSR count). The Morgan fingerprint density at radius 3 is 2.90 bits per heavy atom. The summed E-state index contributed by atoms with van der Waals surface area (Å²) in [6, 6.07) is 12.3. The van der Waals surface area contributed by atoms with Gasteiger partial charge in [0.05, 0.1) is 7.11 Å². The van der Waals surface area contributed by atoms with E-state index >= 15 is 0 Å². The highest BCUT2D eigenvalue weighted by atomic mass is 16.5. The van der Waals surface area contributed by atoms with E-state index in [2.05, 4.69) is 10.3 Å². The van der Waals surface area contributed by atoms with Crippen molar-refractivity contribution in [2.45, 2.75) is 6.92 Å². The van der Waals surface area contributed by atoms with Gasteiger partial charge in [0.2, 0.25) is 0 Å². The quantitative estimate of drug-likeness (QED) is 0.799. The first kappa shape index (κ1) is 13.2. The van der Waals surface area contributed by atoms with Crippen molar-refractivity contribution in [3.05, 3.63) is 53.9 Å². The molecule has 0 aliphatic rings. The van der Waals surface area contributed by atoms with Crippen LogP contribution in [0.25, 0.3) is 11.1 Å². The van der Waals surface area contributed by atoms with E-state index in [1.54, 1.807) is 50.4 Å².